The number of hydrogen-bond acceptors (Lipinski definition) is 3. The van der Waals surface area contributed by atoms with E-state index in [0.717, 1.165) is 0 Å². The number of ether oxygens (including phenoxy) is 1. The van der Waals surface area contributed by atoms with Gasteiger partial charge >= 0.3 is 0 Å². The molecule has 1 atom stereocenters. The molecule has 0 saturated carbocycles. The highest BCUT2D eigenvalue weighted by molar-refractivity contribution is 7.12. The summed E-state index contributed by atoms with van der Waals surface area (Å²) in [4.78, 5) is 12.5. The van der Waals surface area contributed by atoms with Crippen LogP contribution in [0, 0.1) is 0 Å². The lowest BCUT2D eigenvalue weighted by molar-refractivity contribution is 0.0837. The number of carbonyl (C=O) groups is 1. The molecule has 20 heavy (non-hydrogen) atoms. The zero-order valence-corrected chi connectivity index (χ0v) is 13.1. The molecule has 0 bridgehead atoms. The molecule has 0 aliphatic carbocycles. The lowest BCUT2D eigenvalue weighted by atomic mass is 10.3. The molecule has 2 aromatic rings. The maximum atomic E-state index is 12.0. The lowest BCUT2D eigenvalue weighted by Gasteiger charge is -2.26. The second-order valence-corrected chi connectivity index (χ2v) is 7.12. The van der Waals surface area contributed by atoms with Crippen molar-refractivity contribution in [2.24, 2.45) is 0 Å². The molecule has 106 valence electrons. The van der Waals surface area contributed by atoms with Crippen LogP contribution < -0.4 is 10.1 Å². The summed E-state index contributed by atoms with van der Waals surface area (Å²) in [5, 5.41) is 4.35. The summed E-state index contributed by atoms with van der Waals surface area (Å²) >= 11 is 18.8. The number of para-hydroxylation sites is 1. The van der Waals surface area contributed by atoms with E-state index in [-0.39, 0.29) is 5.91 Å². The Hall–Kier alpha value is -0.940. The van der Waals surface area contributed by atoms with Crippen LogP contribution in [0.3, 0.4) is 0 Å². The first kappa shape index (κ1) is 15.4. The highest BCUT2D eigenvalue weighted by atomic mass is 35.6. The van der Waals surface area contributed by atoms with Gasteiger partial charge in [-0.05, 0) is 23.6 Å². The van der Waals surface area contributed by atoms with Gasteiger partial charge in [-0.15, -0.1) is 11.3 Å². The second-order valence-electron chi connectivity index (χ2n) is 3.80. The molecule has 1 N–H and O–H groups in total. The fourth-order valence-electron chi connectivity index (χ4n) is 1.41. The number of thiophene rings is 1. The first-order valence-corrected chi connectivity index (χ1v) is 7.61. The number of nitrogens with one attached hydrogen (secondary N) is 1. The summed E-state index contributed by atoms with van der Waals surface area (Å²) < 4.78 is 3.74. The van der Waals surface area contributed by atoms with Gasteiger partial charge in [-0.1, -0.05) is 59.1 Å². The SMILES string of the molecule is O=C(NC(Oc1ccccc1)C(Cl)(Cl)Cl)c1cccs1. The Labute approximate surface area is 135 Å². The van der Waals surface area contributed by atoms with E-state index in [1.165, 1.54) is 11.3 Å². The van der Waals surface area contributed by atoms with Gasteiger partial charge in [-0.25, -0.2) is 0 Å². The largest absolute Gasteiger partial charge is 0.466 e. The van der Waals surface area contributed by atoms with E-state index in [9.17, 15) is 4.79 Å². The Bertz CT molecular complexity index is 555. The molecule has 0 aliphatic heterocycles. The highest BCUT2D eigenvalue weighted by Crippen LogP contribution is 2.32. The molecule has 0 spiro atoms. The molecular formula is C13H10Cl3NO2S. The van der Waals surface area contributed by atoms with Crippen molar-refractivity contribution in [3.05, 3.63) is 52.7 Å². The van der Waals surface area contributed by atoms with Gasteiger partial charge in [0.25, 0.3) is 5.91 Å². The van der Waals surface area contributed by atoms with Crippen LogP contribution in [0.1, 0.15) is 9.67 Å². The van der Waals surface area contributed by atoms with Crippen molar-refractivity contribution in [1.29, 1.82) is 0 Å². The van der Waals surface area contributed by atoms with E-state index < -0.39 is 10.0 Å². The monoisotopic (exact) mass is 349 g/mol. The minimum atomic E-state index is -1.79. The van der Waals surface area contributed by atoms with E-state index in [4.69, 9.17) is 39.5 Å². The van der Waals surface area contributed by atoms with Gasteiger partial charge in [-0.3, -0.25) is 4.79 Å². The van der Waals surface area contributed by atoms with Crippen LogP contribution >= 0.6 is 46.1 Å². The summed E-state index contributed by atoms with van der Waals surface area (Å²) in [6.07, 6.45) is -1.09. The van der Waals surface area contributed by atoms with Gasteiger partial charge in [0.1, 0.15) is 5.75 Å². The third kappa shape index (κ3) is 4.28. The van der Waals surface area contributed by atoms with E-state index in [0.29, 0.717) is 10.6 Å². The van der Waals surface area contributed by atoms with E-state index in [1.54, 1.807) is 41.8 Å². The van der Waals surface area contributed by atoms with Crippen LogP contribution in [0.25, 0.3) is 0 Å². The topological polar surface area (TPSA) is 38.3 Å². The third-order valence-corrected chi connectivity index (χ3v) is 3.76. The standard InChI is InChI=1S/C13H10Cl3NO2S/c14-13(15,16)12(19-9-5-2-1-3-6-9)17-11(18)10-7-4-8-20-10/h1-8,12H,(H,17,18). The normalized spacial score (nSPS) is 12.8. The Morgan fingerprint density at radius 2 is 1.85 bits per heavy atom. The maximum absolute atomic E-state index is 12.0. The van der Waals surface area contributed by atoms with Crippen molar-refractivity contribution < 1.29 is 9.53 Å². The Kier molecular flexibility index (Phi) is 5.16. The minimum Gasteiger partial charge on any atom is -0.466 e. The van der Waals surface area contributed by atoms with Crippen LogP contribution in [-0.4, -0.2) is 15.9 Å². The molecule has 1 aromatic carbocycles. The number of benzene rings is 1. The molecule has 0 fully saturated rings. The van der Waals surface area contributed by atoms with Crippen LogP contribution in [0.4, 0.5) is 0 Å². The van der Waals surface area contributed by atoms with Crippen molar-refractivity contribution in [3.8, 4) is 5.75 Å². The van der Waals surface area contributed by atoms with E-state index >= 15 is 0 Å². The summed E-state index contributed by atoms with van der Waals surface area (Å²) in [5.41, 5.74) is 0. The van der Waals surface area contributed by atoms with Gasteiger partial charge in [0.05, 0.1) is 4.88 Å². The number of carbonyl (C=O) groups excluding carboxylic acids is 1. The summed E-state index contributed by atoms with van der Waals surface area (Å²) in [6, 6.07) is 12.3. The summed E-state index contributed by atoms with van der Waals surface area (Å²) in [6.45, 7) is 0. The second kappa shape index (κ2) is 6.68. The van der Waals surface area contributed by atoms with E-state index in [1.807, 2.05) is 6.07 Å². The minimum absolute atomic E-state index is 0.354. The van der Waals surface area contributed by atoms with Gasteiger partial charge in [0.15, 0.2) is 0 Å². The molecular weight excluding hydrogens is 341 g/mol. The Balaban J connectivity index is 2.11. The Morgan fingerprint density at radius 3 is 2.40 bits per heavy atom. The van der Waals surface area contributed by atoms with Crippen LogP contribution in [0.2, 0.25) is 0 Å². The van der Waals surface area contributed by atoms with Crippen molar-refractivity contribution >= 4 is 52.0 Å². The average molecular weight is 351 g/mol. The van der Waals surface area contributed by atoms with Gasteiger partial charge < -0.3 is 10.1 Å². The molecule has 1 unspecified atom stereocenters. The predicted molar refractivity (Wildman–Crippen MR) is 82.9 cm³/mol. The smallest absolute Gasteiger partial charge is 0.264 e. The van der Waals surface area contributed by atoms with Crippen LogP contribution in [0.15, 0.2) is 47.8 Å². The fourth-order valence-corrected chi connectivity index (χ4v) is 2.34. The Morgan fingerprint density at radius 1 is 1.15 bits per heavy atom. The van der Waals surface area contributed by atoms with Gasteiger partial charge in [0, 0.05) is 0 Å². The third-order valence-electron chi connectivity index (χ3n) is 2.30. The van der Waals surface area contributed by atoms with Crippen molar-refractivity contribution in [1.82, 2.24) is 5.32 Å². The lowest BCUT2D eigenvalue weighted by Crippen LogP contribution is -2.47. The molecule has 1 aromatic heterocycles. The number of rotatable bonds is 4. The zero-order valence-electron chi connectivity index (χ0n) is 10.1. The molecule has 1 heterocycles. The van der Waals surface area contributed by atoms with Crippen molar-refractivity contribution in [3.63, 3.8) is 0 Å². The molecule has 3 nitrogen and oxygen atoms in total. The highest BCUT2D eigenvalue weighted by Gasteiger charge is 2.36. The maximum Gasteiger partial charge on any atom is 0.264 e. The zero-order chi connectivity index (χ0) is 14.6. The first-order valence-electron chi connectivity index (χ1n) is 5.59. The molecule has 7 heteroatoms. The first-order chi connectivity index (χ1) is 9.47. The van der Waals surface area contributed by atoms with Crippen molar-refractivity contribution in [2.45, 2.75) is 10.0 Å². The average Bonchev–Trinajstić information content (AvgIpc) is 2.92. The van der Waals surface area contributed by atoms with Crippen LogP contribution in [0.5, 0.6) is 5.75 Å². The number of hydrogen-bond donors (Lipinski definition) is 1. The predicted octanol–water partition coefficient (Wildman–Crippen LogP) is 4.25. The quantitative estimate of drug-likeness (QED) is 0.661. The molecule has 2 rings (SSSR count). The number of alkyl halides is 3. The molecule has 0 aliphatic rings. The molecule has 0 radical (unpaired) electrons. The number of halogens is 3. The van der Waals surface area contributed by atoms with Crippen molar-refractivity contribution in [2.75, 3.05) is 0 Å². The molecule has 0 saturated heterocycles. The molecule has 1 amide bonds. The van der Waals surface area contributed by atoms with Gasteiger partial charge in [-0.2, -0.15) is 0 Å². The van der Waals surface area contributed by atoms with E-state index in [2.05, 4.69) is 5.32 Å². The van der Waals surface area contributed by atoms with Gasteiger partial charge in [0.2, 0.25) is 10.0 Å². The number of amides is 1. The summed E-state index contributed by atoms with van der Waals surface area (Å²) in [7, 11) is 0. The fraction of sp³-hybridized carbons (Fsp3) is 0.154. The summed E-state index contributed by atoms with van der Waals surface area (Å²) in [5.74, 6) is 0.141. The van der Waals surface area contributed by atoms with Crippen LogP contribution in [-0.2, 0) is 0 Å².